The van der Waals surface area contributed by atoms with Gasteiger partial charge in [0.05, 0.1) is 22.3 Å². The van der Waals surface area contributed by atoms with E-state index < -0.39 is 6.61 Å². The smallest absolute Gasteiger partial charge is 0.387 e. The highest BCUT2D eigenvalue weighted by atomic mass is 32.1. The lowest BCUT2D eigenvalue weighted by Crippen LogP contribution is -2.22. The predicted molar refractivity (Wildman–Crippen MR) is 110 cm³/mol. The zero-order chi connectivity index (χ0) is 20.6. The van der Waals surface area contributed by atoms with Gasteiger partial charge in [-0.05, 0) is 42.3 Å². The van der Waals surface area contributed by atoms with Gasteiger partial charge >= 0.3 is 6.61 Å². The molecule has 0 atom stereocenters. The second-order valence-corrected chi connectivity index (χ2v) is 7.21. The van der Waals surface area contributed by atoms with Gasteiger partial charge in [0.25, 0.3) is 0 Å². The maximum Gasteiger partial charge on any atom is 0.387 e. The number of fused-ring (bicyclic) bond motifs is 1. The first-order valence-electron chi connectivity index (χ1n) is 8.98. The summed E-state index contributed by atoms with van der Waals surface area (Å²) in [6.07, 6.45) is 4.55. The normalized spacial score (nSPS) is 11.3. The van der Waals surface area contributed by atoms with Gasteiger partial charge in [0, 0.05) is 19.0 Å². The molecule has 1 aromatic heterocycles. The Balaban J connectivity index is 1.46. The first-order chi connectivity index (χ1) is 14.0. The zero-order valence-corrected chi connectivity index (χ0v) is 16.5. The number of amides is 1. The van der Waals surface area contributed by atoms with E-state index in [9.17, 15) is 13.6 Å². The van der Waals surface area contributed by atoms with Gasteiger partial charge in [0.15, 0.2) is 11.5 Å². The molecule has 2 aromatic carbocycles. The minimum absolute atomic E-state index is 0.0565. The average Bonchev–Trinajstić information content (AvgIpc) is 3.13. The van der Waals surface area contributed by atoms with Crippen LogP contribution >= 0.6 is 11.3 Å². The van der Waals surface area contributed by atoms with Gasteiger partial charge in [-0.15, -0.1) is 11.3 Å². The fourth-order valence-corrected chi connectivity index (χ4v) is 3.70. The van der Waals surface area contributed by atoms with Crippen LogP contribution in [-0.4, -0.2) is 31.2 Å². The summed E-state index contributed by atoms with van der Waals surface area (Å²) in [5.41, 5.74) is 1.63. The van der Waals surface area contributed by atoms with E-state index in [2.05, 4.69) is 15.0 Å². The number of thiazole rings is 1. The van der Waals surface area contributed by atoms with Gasteiger partial charge in [-0.2, -0.15) is 8.78 Å². The van der Waals surface area contributed by atoms with Gasteiger partial charge in [0.1, 0.15) is 0 Å². The van der Waals surface area contributed by atoms with Gasteiger partial charge in [-0.3, -0.25) is 4.79 Å². The number of nitrogens with one attached hydrogen (secondary N) is 1. The largest absolute Gasteiger partial charge is 0.493 e. The first-order valence-corrected chi connectivity index (χ1v) is 9.80. The van der Waals surface area contributed by atoms with Crippen LogP contribution < -0.4 is 14.8 Å². The summed E-state index contributed by atoms with van der Waals surface area (Å²) in [4.78, 5) is 16.5. The van der Waals surface area contributed by atoms with E-state index >= 15 is 0 Å². The molecule has 0 aliphatic carbocycles. The van der Waals surface area contributed by atoms with Crippen molar-refractivity contribution in [3.63, 3.8) is 0 Å². The standard InChI is InChI=1S/C21H20F2N2O3S/c1-27-17-13-14(8-10-16(17)28-21(22)23)9-11-19(26)24-12-4-7-20-25-15-5-2-3-6-18(15)29-20/h2-3,5-6,8-11,13,21H,4,7,12H2,1H3,(H,24,26)/b11-9+. The Morgan fingerprint density at radius 3 is 2.83 bits per heavy atom. The van der Waals surface area contributed by atoms with E-state index in [4.69, 9.17) is 4.74 Å². The van der Waals surface area contributed by atoms with Crippen LogP contribution in [0.2, 0.25) is 0 Å². The number of ether oxygens (including phenoxy) is 2. The van der Waals surface area contributed by atoms with Gasteiger partial charge in [0.2, 0.25) is 5.91 Å². The first kappa shape index (κ1) is 20.7. The van der Waals surface area contributed by atoms with E-state index in [1.165, 1.54) is 25.3 Å². The number of nitrogens with zero attached hydrogens (tertiary/aromatic N) is 1. The molecule has 3 rings (SSSR count). The number of methoxy groups -OCH3 is 1. The van der Waals surface area contributed by atoms with Gasteiger partial charge in [-0.25, -0.2) is 4.98 Å². The highest BCUT2D eigenvalue weighted by molar-refractivity contribution is 7.18. The number of halogens is 2. The Labute approximate surface area is 171 Å². The molecule has 0 spiro atoms. The molecule has 0 aliphatic rings. The predicted octanol–water partition coefficient (Wildman–Crippen LogP) is 4.67. The van der Waals surface area contributed by atoms with Crippen molar-refractivity contribution >= 4 is 33.5 Å². The fourth-order valence-electron chi connectivity index (χ4n) is 2.69. The SMILES string of the molecule is COc1cc(/C=C/C(=O)NCCCc2nc3ccccc3s2)ccc1OC(F)F. The number of carbonyl (C=O) groups excluding carboxylic acids is 1. The number of hydrogen-bond donors (Lipinski definition) is 1. The quantitative estimate of drug-likeness (QED) is 0.405. The number of rotatable bonds is 9. The number of benzene rings is 2. The van der Waals surface area contributed by atoms with Gasteiger partial charge < -0.3 is 14.8 Å². The van der Waals surface area contributed by atoms with Crippen molar-refractivity contribution in [2.75, 3.05) is 13.7 Å². The van der Waals surface area contributed by atoms with E-state index in [-0.39, 0.29) is 17.4 Å². The van der Waals surface area contributed by atoms with Crippen molar-refractivity contribution in [3.05, 3.63) is 59.1 Å². The Kier molecular flexibility index (Phi) is 7.13. The molecular weight excluding hydrogens is 398 g/mol. The lowest BCUT2D eigenvalue weighted by Gasteiger charge is -2.10. The molecule has 152 valence electrons. The molecule has 0 aliphatic heterocycles. The molecule has 29 heavy (non-hydrogen) atoms. The van der Waals surface area contributed by atoms with Crippen LogP contribution in [0.15, 0.2) is 48.5 Å². The van der Waals surface area contributed by atoms with E-state index in [0.717, 1.165) is 28.1 Å². The lowest BCUT2D eigenvalue weighted by atomic mass is 10.2. The second-order valence-electron chi connectivity index (χ2n) is 6.09. The molecule has 1 heterocycles. The number of carbonyl (C=O) groups is 1. The number of para-hydroxylation sites is 1. The van der Waals surface area contributed by atoms with Crippen LogP contribution in [0.5, 0.6) is 11.5 Å². The van der Waals surface area contributed by atoms with Crippen molar-refractivity contribution < 1.29 is 23.0 Å². The molecule has 8 heteroatoms. The molecule has 0 radical (unpaired) electrons. The van der Waals surface area contributed by atoms with Crippen molar-refractivity contribution in [1.82, 2.24) is 10.3 Å². The highest BCUT2D eigenvalue weighted by Crippen LogP contribution is 2.29. The molecule has 0 unspecified atom stereocenters. The minimum atomic E-state index is -2.93. The molecule has 0 fully saturated rings. The summed E-state index contributed by atoms with van der Waals surface area (Å²) in [5.74, 6) is -0.121. The molecule has 0 saturated heterocycles. The average molecular weight is 418 g/mol. The minimum Gasteiger partial charge on any atom is -0.493 e. The summed E-state index contributed by atoms with van der Waals surface area (Å²) in [6.45, 7) is -2.40. The van der Waals surface area contributed by atoms with Crippen LogP contribution in [0.3, 0.4) is 0 Å². The highest BCUT2D eigenvalue weighted by Gasteiger charge is 2.10. The summed E-state index contributed by atoms with van der Waals surface area (Å²) in [7, 11) is 1.36. The van der Waals surface area contributed by atoms with Crippen molar-refractivity contribution in [1.29, 1.82) is 0 Å². The molecule has 5 nitrogen and oxygen atoms in total. The third-order valence-corrected chi connectivity index (χ3v) is 5.13. The molecular formula is C21H20F2N2O3S. The van der Waals surface area contributed by atoms with E-state index in [1.807, 2.05) is 24.3 Å². The van der Waals surface area contributed by atoms with Crippen molar-refractivity contribution in [2.45, 2.75) is 19.5 Å². The Morgan fingerprint density at radius 2 is 2.07 bits per heavy atom. The third-order valence-electron chi connectivity index (χ3n) is 4.04. The Bertz CT molecular complexity index is 972. The summed E-state index contributed by atoms with van der Waals surface area (Å²) in [5, 5.41) is 3.87. The number of hydrogen-bond acceptors (Lipinski definition) is 5. The zero-order valence-electron chi connectivity index (χ0n) is 15.7. The Hall–Kier alpha value is -3.00. The maximum absolute atomic E-state index is 12.4. The number of aryl methyl sites for hydroxylation is 1. The van der Waals surface area contributed by atoms with Crippen molar-refractivity contribution in [3.8, 4) is 11.5 Å². The molecule has 0 saturated carbocycles. The lowest BCUT2D eigenvalue weighted by molar-refractivity contribution is -0.116. The second kappa shape index (κ2) is 9.97. The number of aromatic nitrogens is 1. The summed E-state index contributed by atoms with van der Waals surface area (Å²) >= 11 is 1.66. The molecule has 1 N–H and O–H groups in total. The van der Waals surface area contributed by atoms with Crippen LogP contribution in [0.25, 0.3) is 16.3 Å². The molecule has 0 bridgehead atoms. The molecule has 1 amide bonds. The van der Waals surface area contributed by atoms with Crippen molar-refractivity contribution in [2.24, 2.45) is 0 Å². The summed E-state index contributed by atoms with van der Waals surface area (Å²) in [6, 6.07) is 12.5. The molecule has 3 aromatic rings. The Morgan fingerprint density at radius 1 is 1.24 bits per heavy atom. The maximum atomic E-state index is 12.4. The number of alkyl halides is 2. The third kappa shape index (κ3) is 5.99. The van der Waals surface area contributed by atoms with Crippen LogP contribution in [-0.2, 0) is 11.2 Å². The fraction of sp³-hybridized carbons (Fsp3) is 0.238. The van der Waals surface area contributed by atoms with E-state index in [0.29, 0.717) is 12.1 Å². The van der Waals surface area contributed by atoms with Crippen LogP contribution in [0.1, 0.15) is 17.0 Å². The van der Waals surface area contributed by atoms with Gasteiger partial charge in [-0.1, -0.05) is 18.2 Å². The van der Waals surface area contributed by atoms with E-state index in [1.54, 1.807) is 23.5 Å². The summed E-state index contributed by atoms with van der Waals surface area (Å²) < 4.78 is 35.3. The van der Waals surface area contributed by atoms with Crippen LogP contribution in [0, 0.1) is 0 Å². The topological polar surface area (TPSA) is 60.5 Å². The monoisotopic (exact) mass is 418 g/mol. The van der Waals surface area contributed by atoms with Crippen LogP contribution in [0.4, 0.5) is 8.78 Å².